The number of carbonyl (C=O) groups excluding carboxylic acids is 2. The Hall–Kier alpha value is -7.06. The van der Waals surface area contributed by atoms with Gasteiger partial charge in [-0.25, -0.2) is 9.18 Å². The van der Waals surface area contributed by atoms with Crippen molar-refractivity contribution >= 4 is 11.9 Å². The summed E-state index contributed by atoms with van der Waals surface area (Å²) in [6.07, 6.45) is 5.90. The van der Waals surface area contributed by atoms with Crippen LogP contribution in [-0.2, 0) is 26.1 Å². The van der Waals surface area contributed by atoms with Crippen LogP contribution in [0.15, 0.2) is 109 Å². The lowest BCUT2D eigenvalue weighted by Crippen LogP contribution is -2.53. The van der Waals surface area contributed by atoms with Crippen LogP contribution in [0.2, 0.25) is 0 Å². The molecule has 5 aromatic carbocycles. The van der Waals surface area contributed by atoms with E-state index in [1.165, 1.54) is 30.4 Å². The third-order valence-corrected chi connectivity index (χ3v) is 16.1. The van der Waals surface area contributed by atoms with Gasteiger partial charge >= 0.3 is 11.9 Å². The minimum absolute atomic E-state index is 0.0970. The summed E-state index contributed by atoms with van der Waals surface area (Å²) in [6.45, 7) is 8.80. The molecule has 0 saturated carbocycles. The van der Waals surface area contributed by atoms with E-state index in [1.807, 2.05) is 73.8 Å². The fourth-order valence-corrected chi connectivity index (χ4v) is 11.4. The Bertz CT molecular complexity index is 2790. The summed E-state index contributed by atoms with van der Waals surface area (Å²) in [7, 11) is 12.1. The molecule has 0 amide bonds. The van der Waals surface area contributed by atoms with Crippen molar-refractivity contribution < 1.29 is 56.6 Å². The van der Waals surface area contributed by atoms with Crippen LogP contribution in [-0.4, -0.2) is 129 Å². The third-order valence-electron chi connectivity index (χ3n) is 16.1. The molecule has 4 aliphatic rings. The van der Waals surface area contributed by atoms with Crippen LogP contribution in [0.25, 0.3) is 0 Å². The predicted molar refractivity (Wildman–Crippen MR) is 300 cm³/mol. The van der Waals surface area contributed by atoms with Gasteiger partial charge in [0.15, 0.2) is 34.5 Å². The summed E-state index contributed by atoms with van der Waals surface area (Å²) < 4.78 is 62.1. The van der Waals surface area contributed by atoms with Crippen molar-refractivity contribution in [2.75, 3.05) is 89.2 Å². The first-order valence-electron chi connectivity index (χ1n) is 27.3. The molecule has 3 fully saturated rings. The second kappa shape index (κ2) is 28.7. The van der Waals surface area contributed by atoms with Gasteiger partial charge in [0, 0.05) is 43.6 Å². The number of esters is 2. The lowest BCUT2D eigenvalue weighted by molar-refractivity contribution is -0.156. The Kier molecular flexibility index (Phi) is 21.7. The first-order chi connectivity index (χ1) is 38.2. The number of nitrogens with one attached hydrogen (secondary N) is 1. The van der Waals surface area contributed by atoms with Gasteiger partial charge < -0.3 is 52.8 Å². The van der Waals surface area contributed by atoms with Crippen LogP contribution in [0.5, 0.6) is 40.2 Å². The van der Waals surface area contributed by atoms with E-state index < -0.39 is 17.4 Å². The van der Waals surface area contributed by atoms with Gasteiger partial charge in [0.25, 0.3) is 0 Å². The number of methoxy groups -OCH3 is 5. The number of likely N-dealkylation sites (N-methyl/N-ethyl adjacent to an activating group) is 1. The fourth-order valence-electron chi connectivity index (χ4n) is 11.4. The van der Waals surface area contributed by atoms with Crippen LogP contribution < -0.4 is 38.5 Å². The number of hydrogen-bond acceptors (Lipinski definition) is 15. The molecule has 0 aromatic heterocycles. The van der Waals surface area contributed by atoms with Gasteiger partial charge in [-0.15, -0.1) is 0 Å². The van der Waals surface area contributed by atoms with Gasteiger partial charge in [-0.3, -0.25) is 9.69 Å². The number of halogens is 1. The van der Waals surface area contributed by atoms with Gasteiger partial charge in [0.05, 0.1) is 59.2 Å². The largest absolute Gasteiger partial charge is 0.493 e. The van der Waals surface area contributed by atoms with Crippen molar-refractivity contribution in [3.05, 3.63) is 137 Å². The monoisotopic (exact) mass is 1090 g/mol. The van der Waals surface area contributed by atoms with E-state index in [0.29, 0.717) is 48.0 Å². The van der Waals surface area contributed by atoms with E-state index in [-0.39, 0.29) is 36.5 Å². The number of hydrogen-bond donors (Lipinski definition) is 1. The molecule has 1 unspecified atom stereocenters. The first-order valence-corrected chi connectivity index (χ1v) is 27.3. The highest BCUT2D eigenvalue weighted by molar-refractivity contribution is 5.89. The molecule has 0 aliphatic carbocycles. The maximum atomic E-state index is 13.2. The van der Waals surface area contributed by atoms with Crippen molar-refractivity contribution in [1.82, 2.24) is 15.1 Å². The van der Waals surface area contributed by atoms with E-state index >= 15 is 0 Å². The highest BCUT2D eigenvalue weighted by Gasteiger charge is 2.51. The third kappa shape index (κ3) is 15.0. The zero-order valence-electron chi connectivity index (χ0n) is 47.3. The zero-order valence-corrected chi connectivity index (χ0v) is 47.3. The average Bonchev–Trinajstić information content (AvgIpc) is 4.22. The second-order valence-electron chi connectivity index (χ2n) is 20.9. The van der Waals surface area contributed by atoms with Gasteiger partial charge in [-0.2, -0.15) is 5.26 Å². The maximum Gasteiger partial charge on any atom is 0.338 e. The molecule has 9 rings (SSSR count). The quantitative estimate of drug-likeness (QED) is 0.0733. The molecule has 1 N–H and O–H groups in total. The average molecular weight is 1090 g/mol. The van der Waals surface area contributed by atoms with E-state index in [9.17, 15) is 19.2 Å². The number of fused-ring (bicyclic) bond motifs is 3. The summed E-state index contributed by atoms with van der Waals surface area (Å²) in [4.78, 5) is 29.0. The number of ether oxygens (including phenoxy) is 9. The molecule has 0 radical (unpaired) electrons. The molecule has 15 nitrogen and oxygen atoms in total. The van der Waals surface area contributed by atoms with Crippen molar-refractivity contribution in [3.8, 4) is 46.3 Å². The topological polar surface area (TPSA) is 160 Å². The Morgan fingerprint density at radius 3 is 2.20 bits per heavy atom. The Morgan fingerprint density at radius 2 is 1.52 bits per heavy atom. The number of rotatable bonds is 20. The predicted octanol–water partition coefficient (Wildman–Crippen LogP) is 10.3. The van der Waals surface area contributed by atoms with E-state index in [0.717, 1.165) is 99.0 Å². The smallest absolute Gasteiger partial charge is 0.338 e. The SMILES string of the molecule is COC(=O)[C@H]1[C@@H](OC(=O)c2ccccc2)C[C@@H]2CC[C@H]1N2C.COc1ccc(CCN(C)CCCC(C#N)(c2ccc(OC)c(OC)c2)C(C)C)cc1OC.Fc1ccc([C@@H]2CCNC[C@H]2COc2ccc3c(c2)OCO3)cc1. The van der Waals surface area contributed by atoms with Crippen molar-refractivity contribution in [1.29, 1.82) is 5.26 Å². The maximum absolute atomic E-state index is 13.2. The number of piperidine rings is 2. The van der Waals surface area contributed by atoms with Crippen molar-refractivity contribution in [3.63, 3.8) is 0 Å². The van der Waals surface area contributed by atoms with Gasteiger partial charge in [-0.05, 0) is 155 Å². The van der Waals surface area contributed by atoms with Gasteiger partial charge in [-0.1, -0.05) is 56.3 Å². The van der Waals surface area contributed by atoms with Crippen LogP contribution in [0.4, 0.5) is 4.39 Å². The van der Waals surface area contributed by atoms with Gasteiger partial charge in [0.2, 0.25) is 6.79 Å². The lowest BCUT2D eigenvalue weighted by atomic mass is 9.69. The van der Waals surface area contributed by atoms with E-state index in [1.54, 1.807) is 52.7 Å². The first kappa shape index (κ1) is 59.6. The molecule has 424 valence electrons. The zero-order chi connectivity index (χ0) is 56.5. The molecule has 3 saturated heterocycles. The molecule has 79 heavy (non-hydrogen) atoms. The van der Waals surface area contributed by atoms with Crippen LogP contribution in [0.1, 0.15) is 85.3 Å². The van der Waals surface area contributed by atoms with Crippen molar-refractivity contribution in [2.24, 2.45) is 17.8 Å². The van der Waals surface area contributed by atoms with E-state index in [4.69, 9.17) is 42.6 Å². The molecule has 4 aliphatic heterocycles. The Morgan fingerprint density at radius 1 is 0.823 bits per heavy atom. The molecule has 4 heterocycles. The number of nitrogens with zero attached hydrogens (tertiary/aromatic N) is 3. The summed E-state index contributed by atoms with van der Waals surface area (Å²) in [5.41, 5.74) is 3.29. The highest BCUT2D eigenvalue weighted by Crippen LogP contribution is 2.42. The molecule has 16 heteroatoms. The molecular formula is C63H79FN4O11. The molecule has 0 spiro atoms. The highest BCUT2D eigenvalue weighted by atomic mass is 19.1. The van der Waals surface area contributed by atoms with Crippen LogP contribution in [0.3, 0.4) is 0 Å². The standard InChI is InChI=1S/C27H38N2O4.C19H20FNO3.C17H21NO4/c1-20(2)27(19-28,22-10-12-24(31-5)26(18-22)33-7)14-8-15-29(3)16-13-21-9-11-23(30-4)25(17-21)32-6;20-15-3-1-13(2-4-15)17-7-8-21-10-14(17)11-22-16-5-6-18-19(9-16)24-12-23-18;1-18-12-8-9-13(18)15(17(20)21-2)14(10-12)22-16(19)11-6-4-3-5-7-11/h9-12,17-18,20H,8,13-16H2,1-7H3;1-6,9,14,17,21H,7-8,10-12H2;3-7,12-15H,8-10H2,1-2H3/t;14-,17-;12-,13+,14-,15+/m.00/s1. The molecule has 5 aromatic rings. The summed E-state index contributed by atoms with van der Waals surface area (Å²) in [5.74, 6) is 4.71. The number of benzene rings is 5. The van der Waals surface area contributed by atoms with Crippen LogP contribution in [0, 0.1) is 34.9 Å². The molecule has 2 bridgehead atoms. The summed E-state index contributed by atoms with van der Waals surface area (Å²) in [5, 5.41) is 13.7. The lowest BCUT2D eigenvalue weighted by Gasteiger charge is -2.40. The summed E-state index contributed by atoms with van der Waals surface area (Å²) >= 11 is 0. The Labute approximate surface area is 466 Å². The molecule has 7 atom stereocenters. The Balaban J connectivity index is 0.000000175. The second-order valence-corrected chi connectivity index (χ2v) is 20.9. The molecular weight excluding hydrogens is 1010 g/mol. The normalized spacial score (nSPS) is 20.7. The fraction of sp³-hybridized carbons (Fsp3) is 0.476. The minimum Gasteiger partial charge on any atom is -0.493 e. The summed E-state index contributed by atoms with van der Waals surface area (Å²) in [6, 6.07) is 36.4. The number of nitriles is 1. The van der Waals surface area contributed by atoms with Crippen molar-refractivity contribution in [2.45, 2.75) is 88.3 Å². The van der Waals surface area contributed by atoms with Gasteiger partial charge in [0.1, 0.15) is 23.6 Å². The minimum atomic E-state index is -0.580. The van der Waals surface area contributed by atoms with E-state index in [2.05, 4.69) is 48.1 Å². The van der Waals surface area contributed by atoms with Crippen LogP contribution >= 0.6 is 0 Å². The number of carbonyl (C=O) groups is 2.